The maximum Gasteiger partial charge on any atom is 0.276 e. The summed E-state index contributed by atoms with van der Waals surface area (Å²) >= 11 is 0. The number of amides is 1. The first-order valence-corrected chi connectivity index (χ1v) is 8.09. The van der Waals surface area contributed by atoms with Crippen LogP contribution in [0, 0.1) is 11.6 Å². The first-order valence-electron chi connectivity index (χ1n) is 8.09. The molecule has 0 unspecified atom stereocenters. The van der Waals surface area contributed by atoms with Crippen molar-refractivity contribution >= 4 is 23.1 Å². The Bertz CT molecular complexity index is 997. The smallest absolute Gasteiger partial charge is 0.276 e. The van der Waals surface area contributed by atoms with Gasteiger partial charge in [-0.05, 0) is 36.4 Å². The average Bonchev–Trinajstić information content (AvgIpc) is 2.71. The van der Waals surface area contributed by atoms with Crippen molar-refractivity contribution in [2.45, 2.75) is 0 Å². The molecule has 1 aromatic heterocycles. The number of carbonyl (C=O) groups excluding carboxylic acids is 1. The minimum Gasteiger partial charge on any atom is -0.497 e. The monoisotopic (exact) mass is 386 g/mol. The van der Waals surface area contributed by atoms with Gasteiger partial charge >= 0.3 is 0 Å². The molecule has 28 heavy (non-hydrogen) atoms. The number of halogens is 2. The van der Waals surface area contributed by atoms with Gasteiger partial charge < -0.3 is 20.1 Å². The van der Waals surface area contributed by atoms with E-state index in [-0.39, 0.29) is 11.5 Å². The molecule has 1 heterocycles. The van der Waals surface area contributed by atoms with Gasteiger partial charge in [0.2, 0.25) is 0 Å². The molecule has 9 heteroatoms. The highest BCUT2D eigenvalue weighted by atomic mass is 19.2. The number of rotatable bonds is 6. The Kier molecular flexibility index (Phi) is 5.64. The summed E-state index contributed by atoms with van der Waals surface area (Å²) in [5.74, 6) is -1.14. The van der Waals surface area contributed by atoms with E-state index < -0.39 is 17.5 Å². The second-order valence-corrected chi connectivity index (χ2v) is 5.58. The number of nitrogens with one attached hydrogen (secondary N) is 2. The van der Waals surface area contributed by atoms with Crippen LogP contribution in [0.15, 0.2) is 48.5 Å². The number of carbonyl (C=O) groups is 1. The molecule has 3 aromatic rings. The molecule has 144 valence electrons. The van der Waals surface area contributed by atoms with Crippen LogP contribution in [0.25, 0.3) is 0 Å². The largest absolute Gasteiger partial charge is 0.497 e. The lowest BCUT2D eigenvalue weighted by atomic mass is 10.2. The number of benzene rings is 2. The highest BCUT2D eigenvalue weighted by Gasteiger charge is 2.13. The molecule has 0 saturated carbocycles. The Morgan fingerprint density at radius 1 is 0.929 bits per heavy atom. The molecule has 0 aliphatic heterocycles. The van der Waals surface area contributed by atoms with E-state index in [0.29, 0.717) is 22.9 Å². The van der Waals surface area contributed by atoms with Crippen molar-refractivity contribution < 1.29 is 23.0 Å². The van der Waals surface area contributed by atoms with E-state index in [4.69, 9.17) is 9.47 Å². The molecule has 1 amide bonds. The molecule has 0 atom stereocenters. The number of anilines is 3. The molecule has 0 aliphatic rings. The van der Waals surface area contributed by atoms with E-state index in [9.17, 15) is 13.6 Å². The molecule has 7 nitrogen and oxygen atoms in total. The molecule has 0 radical (unpaired) electrons. The summed E-state index contributed by atoms with van der Waals surface area (Å²) < 4.78 is 36.6. The van der Waals surface area contributed by atoms with E-state index in [2.05, 4.69) is 20.8 Å². The van der Waals surface area contributed by atoms with Crippen LogP contribution >= 0.6 is 0 Å². The van der Waals surface area contributed by atoms with Gasteiger partial charge in [0.25, 0.3) is 5.91 Å². The average molecular weight is 386 g/mol. The van der Waals surface area contributed by atoms with Crippen molar-refractivity contribution in [1.82, 2.24) is 10.2 Å². The minimum atomic E-state index is -0.984. The summed E-state index contributed by atoms with van der Waals surface area (Å²) in [6.07, 6.45) is 0. The first kappa shape index (κ1) is 19.0. The Morgan fingerprint density at radius 3 is 2.39 bits per heavy atom. The van der Waals surface area contributed by atoms with Gasteiger partial charge in [-0.15, -0.1) is 10.2 Å². The number of hydrogen-bond acceptors (Lipinski definition) is 6. The summed E-state index contributed by atoms with van der Waals surface area (Å²) in [7, 11) is 3.00. The van der Waals surface area contributed by atoms with Crippen LogP contribution in [0.3, 0.4) is 0 Å². The fourth-order valence-corrected chi connectivity index (χ4v) is 2.33. The van der Waals surface area contributed by atoms with Crippen molar-refractivity contribution in [1.29, 1.82) is 0 Å². The van der Waals surface area contributed by atoms with E-state index in [1.54, 1.807) is 18.2 Å². The summed E-state index contributed by atoms with van der Waals surface area (Å²) in [4.78, 5) is 12.4. The quantitative estimate of drug-likeness (QED) is 0.671. The predicted molar refractivity (Wildman–Crippen MR) is 99.2 cm³/mol. The van der Waals surface area contributed by atoms with Gasteiger partial charge in [0, 0.05) is 17.8 Å². The standard InChI is InChI=1S/C19H16F2N4O3/c1-27-12-4-6-15(17(10-12)28-2)23-19(26)16-7-8-18(25-24-16)22-11-3-5-13(20)14(21)9-11/h3-10H,1-2H3,(H,22,25)(H,23,26). The molecule has 0 bridgehead atoms. The molecule has 2 N–H and O–H groups in total. The maximum atomic E-state index is 13.2. The third-order valence-corrected chi connectivity index (χ3v) is 3.75. The third kappa shape index (κ3) is 4.32. The van der Waals surface area contributed by atoms with E-state index in [1.807, 2.05) is 0 Å². The van der Waals surface area contributed by atoms with Gasteiger partial charge in [-0.25, -0.2) is 8.78 Å². The van der Waals surface area contributed by atoms with E-state index >= 15 is 0 Å². The Hall–Kier alpha value is -3.75. The third-order valence-electron chi connectivity index (χ3n) is 3.75. The fraction of sp³-hybridized carbons (Fsp3) is 0.105. The van der Waals surface area contributed by atoms with Crippen molar-refractivity contribution in [3.63, 3.8) is 0 Å². The van der Waals surface area contributed by atoms with Crippen LogP contribution in [0.5, 0.6) is 11.5 Å². The normalized spacial score (nSPS) is 10.3. The number of hydrogen-bond donors (Lipinski definition) is 2. The van der Waals surface area contributed by atoms with Gasteiger partial charge in [-0.2, -0.15) is 0 Å². The van der Waals surface area contributed by atoms with Crippen molar-refractivity contribution in [2.75, 3.05) is 24.9 Å². The van der Waals surface area contributed by atoms with Crippen LogP contribution in [-0.2, 0) is 0 Å². The topological polar surface area (TPSA) is 85.4 Å². The van der Waals surface area contributed by atoms with E-state index in [0.717, 1.165) is 12.1 Å². The maximum absolute atomic E-state index is 13.2. The molecule has 0 aliphatic carbocycles. The summed E-state index contributed by atoms with van der Waals surface area (Å²) in [6.45, 7) is 0. The van der Waals surface area contributed by atoms with Crippen molar-refractivity contribution in [3.05, 3.63) is 65.9 Å². The molecular formula is C19H16F2N4O3. The van der Waals surface area contributed by atoms with Gasteiger partial charge in [0.15, 0.2) is 23.1 Å². The molecule has 0 fully saturated rings. The van der Waals surface area contributed by atoms with Gasteiger partial charge in [0.1, 0.15) is 11.5 Å². The first-order chi connectivity index (χ1) is 13.5. The highest BCUT2D eigenvalue weighted by molar-refractivity contribution is 6.03. The van der Waals surface area contributed by atoms with Gasteiger partial charge in [0.05, 0.1) is 19.9 Å². The molecule has 0 saturated heterocycles. The zero-order valence-electron chi connectivity index (χ0n) is 15.0. The van der Waals surface area contributed by atoms with E-state index in [1.165, 1.54) is 32.4 Å². The zero-order chi connectivity index (χ0) is 20.1. The fourth-order valence-electron chi connectivity index (χ4n) is 2.33. The Balaban J connectivity index is 1.70. The molecular weight excluding hydrogens is 370 g/mol. The minimum absolute atomic E-state index is 0.0636. The lowest BCUT2D eigenvalue weighted by Crippen LogP contribution is -2.15. The summed E-state index contributed by atoms with van der Waals surface area (Å²) in [5.41, 5.74) is 0.807. The molecule has 3 rings (SSSR count). The lowest BCUT2D eigenvalue weighted by Gasteiger charge is -2.11. The zero-order valence-corrected chi connectivity index (χ0v) is 15.0. The van der Waals surface area contributed by atoms with Gasteiger partial charge in [-0.3, -0.25) is 4.79 Å². The van der Waals surface area contributed by atoms with Crippen LogP contribution < -0.4 is 20.1 Å². The Morgan fingerprint density at radius 2 is 1.75 bits per heavy atom. The Labute approximate surface area is 159 Å². The predicted octanol–water partition coefficient (Wildman–Crippen LogP) is 3.77. The van der Waals surface area contributed by atoms with Crippen LogP contribution in [0.1, 0.15) is 10.5 Å². The lowest BCUT2D eigenvalue weighted by molar-refractivity contribution is 0.102. The second kappa shape index (κ2) is 8.30. The van der Waals surface area contributed by atoms with Crippen LogP contribution in [0.2, 0.25) is 0 Å². The second-order valence-electron chi connectivity index (χ2n) is 5.58. The molecule has 2 aromatic carbocycles. The van der Waals surface area contributed by atoms with Crippen LogP contribution in [-0.4, -0.2) is 30.3 Å². The highest BCUT2D eigenvalue weighted by Crippen LogP contribution is 2.29. The number of methoxy groups -OCH3 is 2. The molecule has 0 spiro atoms. The van der Waals surface area contributed by atoms with Crippen molar-refractivity contribution in [2.24, 2.45) is 0 Å². The number of nitrogens with zero attached hydrogens (tertiary/aromatic N) is 2. The summed E-state index contributed by atoms with van der Waals surface area (Å²) in [5, 5.41) is 13.2. The number of ether oxygens (including phenoxy) is 2. The number of aromatic nitrogens is 2. The van der Waals surface area contributed by atoms with Crippen molar-refractivity contribution in [3.8, 4) is 11.5 Å². The van der Waals surface area contributed by atoms with Gasteiger partial charge in [-0.1, -0.05) is 0 Å². The SMILES string of the molecule is COc1ccc(NC(=O)c2ccc(Nc3ccc(F)c(F)c3)nn2)c(OC)c1. The summed E-state index contributed by atoms with van der Waals surface area (Å²) in [6, 6.07) is 11.2. The van der Waals surface area contributed by atoms with Crippen LogP contribution in [0.4, 0.5) is 26.0 Å².